The predicted octanol–water partition coefficient (Wildman–Crippen LogP) is 4.21. The Hall–Kier alpha value is -1.27. The number of carbonyl (C=O) groups is 1. The molecule has 0 fully saturated rings. The van der Waals surface area contributed by atoms with Crippen LogP contribution in [-0.4, -0.2) is 28.4 Å². The molecule has 1 aromatic carbocycles. The molecule has 4 nitrogen and oxygen atoms in total. The van der Waals surface area contributed by atoms with Crippen LogP contribution in [0.15, 0.2) is 39.8 Å². The Morgan fingerprint density at radius 2 is 2.24 bits per heavy atom. The highest BCUT2D eigenvalue weighted by Crippen LogP contribution is 2.26. The van der Waals surface area contributed by atoms with Crippen LogP contribution < -0.4 is 4.74 Å². The van der Waals surface area contributed by atoms with Gasteiger partial charge in [-0.3, -0.25) is 9.48 Å². The van der Waals surface area contributed by atoms with Gasteiger partial charge >= 0.3 is 0 Å². The number of ether oxygens (including phenoxy) is 1. The van der Waals surface area contributed by atoms with E-state index in [2.05, 4.69) is 21.0 Å². The first-order valence-electron chi connectivity index (χ1n) is 6.56. The van der Waals surface area contributed by atoms with E-state index in [4.69, 9.17) is 4.74 Å². The molecule has 0 saturated carbocycles. The minimum atomic E-state index is 0.0167. The van der Waals surface area contributed by atoms with E-state index in [-0.39, 0.29) is 11.8 Å². The summed E-state index contributed by atoms with van der Waals surface area (Å²) in [5, 5.41) is 4.23. The number of hydrogen-bond donors (Lipinski definition) is 0. The first-order chi connectivity index (χ1) is 10.0. The minimum absolute atomic E-state index is 0.0167. The van der Waals surface area contributed by atoms with Crippen molar-refractivity contribution in [2.45, 2.75) is 24.8 Å². The number of halogens is 1. The third-order valence-corrected chi connectivity index (χ3v) is 4.39. The van der Waals surface area contributed by atoms with Crippen molar-refractivity contribution in [2.75, 3.05) is 12.9 Å². The van der Waals surface area contributed by atoms with Crippen LogP contribution in [0.4, 0.5) is 0 Å². The molecule has 0 aliphatic carbocycles. The molecule has 0 atom stereocenters. The molecule has 112 valence electrons. The summed E-state index contributed by atoms with van der Waals surface area (Å²) in [5.41, 5.74) is 0.537. The monoisotopic (exact) mass is 368 g/mol. The highest BCUT2D eigenvalue weighted by Gasteiger charge is 2.21. The second kappa shape index (κ2) is 7.13. The van der Waals surface area contributed by atoms with Gasteiger partial charge in [0.1, 0.15) is 5.69 Å². The van der Waals surface area contributed by atoms with Crippen molar-refractivity contribution >= 4 is 33.5 Å². The SMILES string of the molecule is COc1cnn(C(C)C)c1C(=O)CSc1cccc(Br)c1. The molecular weight excluding hydrogens is 352 g/mol. The normalized spacial score (nSPS) is 10.9. The molecule has 0 bridgehead atoms. The smallest absolute Gasteiger partial charge is 0.194 e. The van der Waals surface area contributed by atoms with Crippen molar-refractivity contribution in [3.63, 3.8) is 0 Å². The largest absolute Gasteiger partial charge is 0.493 e. The van der Waals surface area contributed by atoms with Gasteiger partial charge in [0.15, 0.2) is 11.5 Å². The molecule has 0 aliphatic rings. The Kier molecular flexibility index (Phi) is 5.47. The summed E-state index contributed by atoms with van der Waals surface area (Å²) in [4.78, 5) is 13.5. The number of ketones is 1. The standard InChI is InChI=1S/C15H17BrN2O2S/c1-10(2)18-15(14(20-3)8-17-18)13(19)9-21-12-6-4-5-11(16)7-12/h4-8,10H,9H2,1-3H3. The molecule has 0 N–H and O–H groups in total. The van der Waals surface area contributed by atoms with Crippen LogP contribution in [0.2, 0.25) is 0 Å². The van der Waals surface area contributed by atoms with Crippen molar-refractivity contribution < 1.29 is 9.53 Å². The average molecular weight is 369 g/mol. The van der Waals surface area contributed by atoms with E-state index in [0.717, 1.165) is 9.37 Å². The van der Waals surface area contributed by atoms with Crippen molar-refractivity contribution in [1.29, 1.82) is 0 Å². The first-order valence-corrected chi connectivity index (χ1v) is 8.34. The molecule has 0 radical (unpaired) electrons. The van der Waals surface area contributed by atoms with E-state index in [1.165, 1.54) is 11.8 Å². The molecule has 0 unspecified atom stereocenters. The lowest BCUT2D eigenvalue weighted by atomic mass is 10.2. The highest BCUT2D eigenvalue weighted by atomic mass is 79.9. The van der Waals surface area contributed by atoms with Crippen molar-refractivity contribution in [3.8, 4) is 5.75 Å². The van der Waals surface area contributed by atoms with Crippen molar-refractivity contribution in [2.24, 2.45) is 0 Å². The second-order valence-electron chi connectivity index (χ2n) is 4.77. The zero-order valence-electron chi connectivity index (χ0n) is 12.2. The van der Waals surface area contributed by atoms with Gasteiger partial charge in [0.05, 0.1) is 19.1 Å². The molecule has 0 amide bonds. The van der Waals surface area contributed by atoms with Gasteiger partial charge in [-0.15, -0.1) is 11.8 Å². The summed E-state index contributed by atoms with van der Waals surface area (Å²) in [6.45, 7) is 3.98. The molecule has 1 heterocycles. The predicted molar refractivity (Wildman–Crippen MR) is 88.4 cm³/mol. The van der Waals surface area contributed by atoms with E-state index in [1.54, 1.807) is 18.0 Å². The second-order valence-corrected chi connectivity index (χ2v) is 6.73. The number of methoxy groups -OCH3 is 1. The number of carbonyl (C=O) groups excluding carboxylic acids is 1. The van der Waals surface area contributed by atoms with Crippen LogP contribution in [0.3, 0.4) is 0 Å². The summed E-state index contributed by atoms with van der Waals surface area (Å²) in [6, 6.07) is 8.01. The first kappa shape index (κ1) is 16.1. The van der Waals surface area contributed by atoms with E-state index in [0.29, 0.717) is 17.2 Å². The molecular formula is C15H17BrN2O2S. The summed E-state index contributed by atoms with van der Waals surface area (Å²) in [5.74, 6) is 0.900. The van der Waals surface area contributed by atoms with Gasteiger partial charge in [-0.25, -0.2) is 0 Å². The summed E-state index contributed by atoms with van der Waals surface area (Å²) >= 11 is 4.93. The molecule has 1 aromatic heterocycles. The van der Waals surface area contributed by atoms with Gasteiger partial charge in [-0.05, 0) is 32.0 Å². The third-order valence-electron chi connectivity index (χ3n) is 2.90. The summed E-state index contributed by atoms with van der Waals surface area (Å²) < 4.78 is 7.96. The number of thioether (sulfide) groups is 1. The highest BCUT2D eigenvalue weighted by molar-refractivity contribution is 9.10. The quantitative estimate of drug-likeness (QED) is 0.565. The van der Waals surface area contributed by atoms with Crippen LogP contribution in [0, 0.1) is 0 Å². The van der Waals surface area contributed by atoms with Crippen LogP contribution in [-0.2, 0) is 0 Å². The van der Waals surface area contributed by atoms with E-state index < -0.39 is 0 Å². The maximum absolute atomic E-state index is 12.5. The number of nitrogens with zero attached hydrogens (tertiary/aromatic N) is 2. The molecule has 21 heavy (non-hydrogen) atoms. The minimum Gasteiger partial charge on any atom is -0.493 e. The molecule has 2 rings (SSSR count). The molecule has 0 aliphatic heterocycles. The maximum Gasteiger partial charge on any atom is 0.194 e. The van der Waals surface area contributed by atoms with Gasteiger partial charge < -0.3 is 4.74 Å². The van der Waals surface area contributed by atoms with Crippen LogP contribution in [0.5, 0.6) is 5.75 Å². The van der Waals surface area contributed by atoms with Crippen molar-refractivity contribution in [3.05, 3.63) is 40.6 Å². The lowest BCUT2D eigenvalue weighted by Crippen LogP contribution is -2.15. The Balaban J connectivity index is 2.15. The zero-order valence-corrected chi connectivity index (χ0v) is 14.6. The lowest BCUT2D eigenvalue weighted by Gasteiger charge is -2.11. The van der Waals surface area contributed by atoms with E-state index in [1.807, 2.05) is 38.1 Å². The number of aromatic nitrogens is 2. The Labute approximate surface area is 137 Å². The summed E-state index contributed by atoms with van der Waals surface area (Å²) in [7, 11) is 1.56. The number of rotatable bonds is 6. The Morgan fingerprint density at radius 1 is 1.48 bits per heavy atom. The zero-order chi connectivity index (χ0) is 15.4. The molecule has 6 heteroatoms. The molecule has 0 saturated heterocycles. The van der Waals surface area contributed by atoms with Gasteiger partial charge in [-0.2, -0.15) is 5.10 Å². The Bertz CT molecular complexity index is 640. The molecule has 0 spiro atoms. The van der Waals surface area contributed by atoms with Gasteiger partial charge in [0.25, 0.3) is 0 Å². The Morgan fingerprint density at radius 3 is 2.86 bits per heavy atom. The average Bonchev–Trinajstić information content (AvgIpc) is 2.89. The topological polar surface area (TPSA) is 44.1 Å². The number of hydrogen-bond acceptors (Lipinski definition) is 4. The van der Waals surface area contributed by atoms with Gasteiger partial charge in [0.2, 0.25) is 0 Å². The van der Waals surface area contributed by atoms with Crippen LogP contribution in [0.25, 0.3) is 0 Å². The van der Waals surface area contributed by atoms with Crippen LogP contribution >= 0.6 is 27.7 Å². The fraction of sp³-hybridized carbons (Fsp3) is 0.333. The number of Topliss-reactive ketones (excluding diaryl/α,β-unsaturated/α-hetero) is 1. The maximum atomic E-state index is 12.5. The fourth-order valence-electron chi connectivity index (χ4n) is 1.93. The van der Waals surface area contributed by atoms with E-state index >= 15 is 0 Å². The van der Waals surface area contributed by atoms with Gasteiger partial charge in [0, 0.05) is 15.4 Å². The third kappa shape index (κ3) is 3.89. The van der Waals surface area contributed by atoms with Crippen LogP contribution in [0.1, 0.15) is 30.4 Å². The number of benzene rings is 1. The van der Waals surface area contributed by atoms with E-state index in [9.17, 15) is 4.79 Å². The summed E-state index contributed by atoms with van der Waals surface area (Å²) in [6.07, 6.45) is 1.59. The van der Waals surface area contributed by atoms with Crippen molar-refractivity contribution in [1.82, 2.24) is 9.78 Å². The fourth-order valence-corrected chi connectivity index (χ4v) is 3.30. The van der Waals surface area contributed by atoms with Gasteiger partial charge in [-0.1, -0.05) is 22.0 Å². The lowest BCUT2D eigenvalue weighted by molar-refractivity contribution is 0.100. The molecule has 2 aromatic rings.